The van der Waals surface area contributed by atoms with E-state index in [1.165, 1.54) is 0 Å². The second-order valence-electron chi connectivity index (χ2n) is 15.1. The van der Waals surface area contributed by atoms with Gasteiger partial charge in [-0.3, -0.25) is 0 Å². The number of likely N-dealkylation sites (tertiary alicyclic amines) is 1. The summed E-state index contributed by atoms with van der Waals surface area (Å²) >= 11 is 6.60. The lowest BCUT2D eigenvalue weighted by Crippen LogP contribution is -2.55. The van der Waals surface area contributed by atoms with Gasteiger partial charge in [0.25, 0.3) is 0 Å². The summed E-state index contributed by atoms with van der Waals surface area (Å²) in [5.41, 5.74) is 0.425. The van der Waals surface area contributed by atoms with E-state index < -0.39 is 35.7 Å². The highest BCUT2D eigenvalue weighted by molar-refractivity contribution is 6.32. The molecule has 8 atom stereocenters. The van der Waals surface area contributed by atoms with Crippen LogP contribution in [0.3, 0.4) is 0 Å². The SMILES string of the molecule is C[C@]12C[C@H](F)C3c4ccc(O)c(Cl)c4CC(CCCCCN4CCC[C@H]4CCCCCC(F)(F)C(F)(F)F)[C@H]3C1CC[C@@]2(C)O. The third-order valence-corrected chi connectivity index (χ3v) is 12.9. The molecule has 1 aromatic rings. The summed E-state index contributed by atoms with van der Waals surface area (Å²) in [5.74, 6) is -4.31. The fourth-order valence-electron chi connectivity index (χ4n) is 9.77. The van der Waals surface area contributed by atoms with Crippen molar-refractivity contribution >= 4 is 11.6 Å². The van der Waals surface area contributed by atoms with E-state index in [0.717, 1.165) is 75.6 Å². The highest BCUT2D eigenvalue weighted by Gasteiger charge is 2.64. The summed E-state index contributed by atoms with van der Waals surface area (Å²) < 4.78 is 79.7. The van der Waals surface area contributed by atoms with Crippen molar-refractivity contribution in [1.29, 1.82) is 0 Å². The summed E-state index contributed by atoms with van der Waals surface area (Å²) in [7, 11) is 0. The first-order valence-corrected chi connectivity index (χ1v) is 17.5. The number of alkyl halides is 6. The van der Waals surface area contributed by atoms with Crippen LogP contribution < -0.4 is 0 Å². The van der Waals surface area contributed by atoms with Gasteiger partial charge in [-0.05, 0) is 119 Å². The molecule has 0 amide bonds. The quantitative estimate of drug-likeness (QED) is 0.173. The second kappa shape index (κ2) is 13.4. The van der Waals surface area contributed by atoms with Gasteiger partial charge in [-0.2, -0.15) is 22.0 Å². The van der Waals surface area contributed by atoms with Gasteiger partial charge in [-0.15, -0.1) is 0 Å². The van der Waals surface area contributed by atoms with Crippen LogP contribution in [0, 0.1) is 23.2 Å². The summed E-state index contributed by atoms with van der Waals surface area (Å²) in [6.45, 7) is 5.87. The molecule has 2 N–H and O–H groups in total. The van der Waals surface area contributed by atoms with Crippen LogP contribution in [0.4, 0.5) is 26.3 Å². The average molecular weight is 666 g/mol. The van der Waals surface area contributed by atoms with Crippen LogP contribution in [-0.4, -0.2) is 58.1 Å². The van der Waals surface area contributed by atoms with Crippen molar-refractivity contribution in [3.05, 3.63) is 28.3 Å². The zero-order valence-electron chi connectivity index (χ0n) is 26.6. The Bertz CT molecular complexity index is 1180. The molecule has 0 aromatic heterocycles. The van der Waals surface area contributed by atoms with E-state index in [1.54, 1.807) is 6.07 Å². The van der Waals surface area contributed by atoms with Gasteiger partial charge in [0.05, 0.1) is 10.6 Å². The van der Waals surface area contributed by atoms with Gasteiger partial charge < -0.3 is 15.1 Å². The summed E-state index contributed by atoms with van der Waals surface area (Å²) in [6.07, 6.45) is 2.67. The zero-order chi connectivity index (χ0) is 32.8. The maximum Gasteiger partial charge on any atom is 0.453 e. The number of rotatable bonds is 12. The molecule has 0 bridgehead atoms. The fraction of sp³-hybridized carbons (Fsp3) is 0.829. The van der Waals surface area contributed by atoms with Gasteiger partial charge in [0.1, 0.15) is 11.9 Å². The molecule has 2 saturated carbocycles. The maximum absolute atomic E-state index is 16.2. The van der Waals surface area contributed by atoms with Crippen LogP contribution in [0.1, 0.15) is 121 Å². The lowest BCUT2D eigenvalue weighted by Gasteiger charge is -2.56. The predicted molar refractivity (Wildman–Crippen MR) is 165 cm³/mol. The van der Waals surface area contributed by atoms with E-state index in [4.69, 9.17) is 11.6 Å². The number of aliphatic hydroxyl groups is 1. The number of nitrogens with zero attached hydrogens (tertiary/aromatic N) is 1. The summed E-state index contributed by atoms with van der Waals surface area (Å²) in [4.78, 5) is 2.45. The third kappa shape index (κ3) is 6.88. The predicted octanol–water partition coefficient (Wildman–Crippen LogP) is 10.00. The van der Waals surface area contributed by atoms with Gasteiger partial charge in [0.2, 0.25) is 0 Å². The van der Waals surface area contributed by atoms with Crippen molar-refractivity contribution in [3.63, 3.8) is 0 Å². The van der Waals surface area contributed by atoms with Crippen molar-refractivity contribution in [1.82, 2.24) is 4.90 Å². The first-order valence-electron chi connectivity index (χ1n) is 17.1. The number of aromatic hydroxyl groups is 1. The molecular formula is C35H50ClF6NO2. The minimum atomic E-state index is -5.47. The minimum absolute atomic E-state index is 0.0342. The molecule has 256 valence electrons. The first-order chi connectivity index (χ1) is 21.1. The molecule has 10 heteroatoms. The summed E-state index contributed by atoms with van der Waals surface area (Å²) in [5, 5.41) is 22.0. The van der Waals surface area contributed by atoms with Crippen LogP contribution >= 0.6 is 11.6 Å². The first kappa shape index (κ1) is 35.1. The van der Waals surface area contributed by atoms with E-state index in [-0.39, 0.29) is 35.8 Å². The molecule has 1 aromatic carbocycles. The van der Waals surface area contributed by atoms with E-state index in [9.17, 15) is 32.2 Å². The average Bonchev–Trinajstić information content (AvgIpc) is 3.49. The number of halogens is 7. The molecule has 3 nitrogen and oxygen atoms in total. The minimum Gasteiger partial charge on any atom is -0.506 e. The Hall–Kier alpha value is -1.19. The number of hydrogen-bond donors (Lipinski definition) is 2. The lowest BCUT2D eigenvalue weighted by molar-refractivity contribution is -0.284. The van der Waals surface area contributed by atoms with E-state index in [2.05, 4.69) is 11.8 Å². The molecule has 3 fully saturated rings. The van der Waals surface area contributed by atoms with Crippen LogP contribution in [0.2, 0.25) is 5.02 Å². The highest BCUT2D eigenvalue weighted by atomic mass is 35.5. The van der Waals surface area contributed by atoms with Crippen LogP contribution in [0.25, 0.3) is 0 Å². The molecule has 4 aliphatic rings. The Labute approximate surface area is 269 Å². The number of hydrogen-bond acceptors (Lipinski definition) is 3. The maximum atomic E-state index is 16.2. The Kier molecular flexibility index (Phi) is 10.4. The number of benzene rings is 1. The lowest BCUT2D eigenvalue weighted by atomic mass is 9.50. The third-order valence-electron chi connectivity index (χ3n) is 12.5. The number of unbranched alkanes of at least 4 members (excludes halogenated alkanes) is 4. The second-order valence-corrected chi connectivity index (χ2v) is 15.5. The van der Waals surface area contributed by atoms with Crippen LogP contribution in [0.15, 0.2) is 12.1 Å². The smallest absolute Gasteiger partial charge is 0.453 e. The Morgan fingerprint density at radius 2 is 1.69 bits per heavy atom. The van der Waals surface area contributed by atoms with Crippen molar-refractivity contribution in [2.75, 3.05) is 13.1 Å². The van der Waals surface area contributed by atoms with Crippen molar-refractivity contribution in [3.8, 4) is 5.75 Å². The van der Waals surface area contributed by atoms with Gasteiger partial charge in [-0.1, -0.05) is 50.3 Å². The van der Waals surface area contributed by atoms with Gasteiger partial charge in [0.15, 0.2) is 0 Å². The van der Waals surface area contributed by atoms with Crippen LogP contribution in [-0.2, 0) is 6.42 Å². The van der Waals surface area contributed by atoms with Gasteiger partial charge in [-0.25, -0.2) is 4.39 Å². The molecule has 5 rings (SSSR count). The fourth-order valence-corrected chi connectivity index (χ4v) is 10.0. The standard InChI is InChI=1S/C35H50ClF6NO2/c1-32-21-27(37)30-24-13-14-28(44)31(36)25(24)20-22(29(30)26(32)15-17-33(32,2)45)10-5-4-8-18-43-19-9-12-23(43)11-6-3-7-16-34(38,39)35(40,41)42/h13-14,22-23,26-27,29-30,44-45H,3-12,15-21H2,1-2H3/t22?,23-,26?,27+,29+,30?,32+,33-/m1/s1. The van der Waals surface area contributed by atoms with Crippen LogP contribution in [0.5, 0.6) is 5.75 Å². The normalized spacial score (nSPS) is 35.3. The topological polar surface area (TPSA) is 43.7 Å². The number of phenols is 1. The van der Waals surface area contributed by atoms with E-state index in [1.807, 2.05) is 13.0 Å². The molecule has 1 aliphatic heterocycles. The molecule has 0 radical (unpaired) electrons. The summed E-state index contributed by atoms with van der Waals surface area (Å²) in [6, 6.07) is 3.80. The monoisotopic (exact) mass is 665 g/mol. The van der Waals surface area contributed by atoms with E-state index >= 15 is 4.39 Å². The Morgan fingerprint density at radius 3 is 2.42 bits per heavy atom. The molecule has 45 heavy (non-hydrogen) atoms. The number of fused-ring (bicyclic) bond motifs is 5. The molecule has 1 saturated heterocycles. The largest absolute Gasteiger partial charge is 0.506 e. The molecule has 0 spiro atoms. The van der Waals surface area contributed by atoms with Crippen molar-refractivity contribution in [2.24, 2.45) is 23.2 Å². The van der Waals surface area contributed by atoms with Gasteiger partial charge >= 0.3 is 12.1 Å². The highest BCUT2D eigenvalue weighted by Crippen LogP contribution is 2.66. The molecule has 1 heterocycles. The zero-order valence-corrected chi connectivity index (χ0v) is 27.4. The van der Waals surface area contributed by atoms with Gasteiger partial charge in [0, 0.05) is 23.8 Å². The molecular weight excluding hydrogens is 616 g/mol. The van der Waals surface area contributed by atoms with E-state index in [0.29, 0.717) is 43.2 Å². The Morgan fingerprint density at radius 1 is 0.978 bits per heavy atom. The molecule has 3 aliphatic carbocycles. The van der Waals surface area contributed by atoms with Crippen molar-refractivity contribution in [2.45, 2.75) is 146 Å². The molecule has 3 unspecified atom stereocenters. The van der Waals surface area contributed by atoms with Crippen molar-refractivity contribution < 1.29 is 36.6 Å². The Balaban J connectivity index is 1.14. The number of phenolic OH excluding ortho intramolecular Hbond substituents is 1.